The molecular weight excluding hydrogens is 411 g/mol. The molecule has 0 radical (unpaired) electrons. The average Bonchev–Trinajstić information content (AvgIpc) is 3.52. The normalized spacial score (nSPS) is 13.3. The van der Waals surface area contributed by atoms with Gasteiger partial charge < -0.3 is 10.1 Å². The van der Waals surface area contributed by atoms with Crippen LogP contribution in [0.3, 0.4) is 0 Å². The topological polar surface area (TPSA) is 78.2 Å². The van der Waals surface area contributed by atoms with Gasteiger partial charge in [-0.05, 0) is 61.4 Å². The molecule has 156 valence electrons. The zero-order chi connectivity index (χ0) is 21.1. The van der Waals surface area contributed by atoms with Crippen molar-refractivity contribution in [1.82, 2.24) is 19.7 Å². The van der Waals surface area contributed by atoms with Crippen molar-refractivity contribution in [2.24, 2.45) is 0 Å². The number of nitrogens with one attached hydrogen (secondary N) is 1. The summed E-state index contributed by atoms with van der Waals surface area (Å²) in [5, 5.41) is 7.72. The van der Waals surface area contributed by atoms with Crippen molar-refractivity contribution in [1.29, 1.82) is 0 Å². The van der Waals surface area contributed by atoms with Gasteiger partial charge in [-0.3, -0.25) is 9.36 Å². The number of rotatable bonds is 8. The number of nitrogens with zero attached hydrogens (tertiary/aromatic N) is 3. The molecule has 2 aromatic carbocycles. The maximum atomic E-state index is 13.2. The molecule has 0 unspecified atom stereocenters. The third kappa shape index (κ3) is 4.71. The second-order valence-electron chi connectivity index (χ2n) is 7.03. The zero-order valence-electron chi connectivity index (χ0n) is 16.1. The van der Waals surface area contributed by atoms with Gasteiger partial charge in [0.05, 0.1) is 6.54 Å². The van der Waals surface area contributed by atoms with Gasteiger partial charge >= 0.3 is 5.69 Å². The fourth-order valence-electron chi connectivity index (χ4n) is 3.06. The van der Waals surface area contributed by atoms with E-state index in [1.54, 1.807) is 41.0 Å². The minimum absolute atomic E-state index is 0.119. The van der Waals surface area contributed by atoms with Crippen molar-refractivity contribution in [2.45, 2.75) is 25.4 Å². The lowest BCUT2D eigenvalue weighted by Gasteiger charge is -2.07. The molecule has 0 bridgehead atoms. The number of benzene rings is 2. The second-order valence-corrected chi connectivity index (χ2v) is 7.47. The SMILES string of the molecule is O=C(COc1ccc(Cl)cc1)NCCn1nc(-c2ccc(F)cc2)n(C2CC2)c1=O. The van der Waals surface area contributed by atoms with E-state index in [4.69, 9.17) is 16.3 Å². The van der Waals surface area contributed by atoms with Gasteiger partial charge in [-0.2, -0.15) is 0 Å². The Hall–Kier alpha value is -3.13. The van der Waals surface area contributed by atoms with Crippen LogP contribution in [0.2, 0.25) is 5.02 Å². The van der Waals surface area contributed by atoms with Crippen LogP contribution in [0.1, 0.15) is 18.9 Å². The van der Waals surface area contributed by atoms with Crippen LogP contribution in [0.5, 0.6) is 5.75 Å². The molecule has 9 heteroatoms. The number of carbonyl (C=O) groups is 1. The van der Waals surface area contributed by atoms with Crippen molar-refractivity contribution in [3.05, 3.63) is 69.9 Å². The third-order valence-electron chi connectivity index (χ3n) is 4.71. The predicted octanol–water partition coefficient (Wildman–Crippen LogP) is 3.03. The van der Waals surface area contributed by atoms with Crippen LogP contribution >= 0.6 is 11.6 Å². The molecule has 4 rings (SSSR count). The van der Waals surface area contributed by atoms with E-state index in [9.17, 15) is 14.0 Å². The number of aromatic nitrogens is 3. The second kappa shape index (κ2) is 8.71. The minimum Gasteiger partial charge on any atom is -0.484 e. The first-order valence-corrected chi connectivity index (χ1v) is 9.99. The molecule has 1 aromatic heterocycles. The molecule has 30 heavy (non-hydrogen) atoms. The van der Waals surface area contributed by atoms with Gasteiger partial charge in [0.25, 0.3) is 5.91 Å². The summed E-state index contributed by atoms with van der Waals surface area (Å²) < 4.78 is 21.6. The number of carbonyl (C=O) groups excluding carboxylic acids is 1. The summed E-state index contributed by atoms with van der Waals surface area (Å²) in [5.74, 6) is 0.401. The lowest BCUT2D eigenvalue weighted by molar-refractivity contribution is -0.123. The predicted molar refractivity (Wildman–Crippen MR) is 110 cm³/mol. The first-order chi connectivity index (χ1) is 14.5. The summed E-state index contributed by atoms with van der Waals surface area (Å²) in [6.45, 7) is 0.306. The molecule has 0 aliphatic heterocycles. The lowest BCUT2D eigenvalue weighted by atomic mass is 10.2. The molecule has 1 saturated carbocycles. The Bertz CT molecular complexity index is 1090. The highest BCUT2D eigenvalue weighted by atomic mass is 35.5. The van der Waals surface area contributed by atoms with Crippen molar-refractivity contribution >= 4 is 17.5 Å². The lowest BCUT2D eigenvalue weighted by Crippen LogP contribution is -2.34. The maximum absolute atomic E-state index is 13.2. The van der Waals surface area contributed by atoms with E-state index in [1.807, 2.05) is 0 Å². The van der Waals surface area contributed by atoms with Crippen molar-refractivity contribution < 1.29 is 13.9 Å². The van der Waals surface area contributed by atoms with Crippen molar-refractivity contribution in [3.8, 4) is 17.1 Å². The van der Waals surface area contributed by atoms with E-state index in [-0.39, 0.29) is 43.2 Å². The molecule has 0 spiro atoms. The third-order valence-corrected chi connectivity index (χ3v) is 4.97. The summed E-state index contributed by atoms with van der Waals surface area (Å²) >= 11 is 5.81. The van der Waals surface area contributed by atoms with E-state index in [0.717, 1.165) is 12.8 Å². The quantitative estimate of drug-likeness (QED) is 0.596. The molecule has 1 aliphatic rings. The standard InChI is InChI=1S/C21H20ClFN4O3/c22-15-3-9-18(10-4-15)30-13-19(28)24-11-12-26-21(29)27(17-7-8-17)20(25-26)14-1-5-16(23)6-2-14/h1-6,9-10,17H,7-8,11-13H2,(H,24,28). The van der Waals surface area contributed by atoms with Crippen LogP contribution in [0, 0.1) is 5.82 Å². The average molecular weight is 431 g/mol. The van der Waals surface area contributed by atoms with E-state index >= 15 is 0 Å². The highest BCUT2D eigenvalue weighted by molar-refractivity contribution is 6.30. The molecule has 1 N–H and O–H groups in total. The van der Waals surface area contributed by atoms with Crippen LogP contribution in [-0.4, -0.2) is 33.4 Å². The van der Waals surface area contributed by atoms with E-state index in [0.29, 0.717) is 22.2 Å². The van der Waals surface area contributed by atoms with E-state index in [2.05, 4.69) is 10.4 Å². The van der Waals surface area contributed by atoms with E-state index in [1.165, 1.54) is 16.8 Å². The monoisotopic (exact) mass is 430 g/mol. The fraction of sp³-hybridized carbons (Fsp3) is 0.286. The molecule has 3 aromatic rings. The highest BCUT2D eigenvalue weighted by Crippen LogP contribution is 2.36. The van der Waals surface area contributed by atoms with Crippen LogP contribution in [0.15, 0.2) is 53.3 Å². The van der Waals surface area contributed by atoms with Crippen LogP contribution in [-0.2, 0) is 11.3 Å². The Labute approximate surface area is 177 Å². The van der Waals surface area contributed by atoms with Crippen molar-refractivity contribution in [2.75, 3.05) is 13.2 Å². The number of hydrogen-bond donors (Lipinski definition) is 1. The molecule has 0 atom stereocenters. The van der Waals surface area contributed by atoms with Gasteiger partial charge in [0.15, 0.2) is 12.4 Å². The Morgan fingerprint density at radius 3 is 2.53 bits per heavy atom. The summed E-state index contributed by atoms with van der Waals surface area (Å²) in [5.41, 5.74) is 0.447. The van der Waals surface area contributed by atoms with Crippen molar-refractivity contribution in [3.63, 3.8) is 0 Å². The summed E-state index contributed by atoms with van der Waals surface area (Å²) in [6.07, 6.45) is 1.83. The highest BCUT2D eigenvalue weighted by Gasteiger charge is 2.30. The number of halogens is 2. The minimum atomic E-state index is -0.345. The first kappa shape index (κ1) is 20.2. The Morgan fingerprint density at radius 2 is 1.87 bits per heavy atom. The van der Waals surface area contributed by atoms with Crippen LogP contribution in [0.25, 0.3) is 11.4 Å². The van der Waals surface area contributed by atoms with Crippen LogP contribution in [0.4, 0.5) is 4.39 Å². The van der Waals surface area contributed by atoms with Gasteiger partial charge in [-0.15, -0.1) is 5.10 Å². The number of hydrogen-bond acceptors (Lipinski definition) is 4. The maximum Gasteiger partial charge on any atom is 0.346 e. The Kier molecular flexibility index (Phi) is 5.85. The molecule has 0 saturated heterocycles. The smallest absolute Gasteiger partial charge is 0.346 e. The Morgan fingerprint density at radius 1 is 1.17 bits per heavy atom. The molecule has 7 nitrogen and oxygen atoms in total. The molecule has 1 heterocycles. The summed E-state index contributed by atoms with van der Waals surface area (Å²) in [4.78, 5) is 24.8. The van der Waals surface area contributed by atoms with Gasteiger partial charge in [-0.25, -0.2) is 13.9 Å². The largest absolute Gasteiger partial charge is 0.484 e. The zero-order valence-corrected chi connectivity index (χ0v) is 16.8. The van der Waals surface area contributed by atoms with Gasteiger partial charge in [0, 0.05) is 23.2 Å². The molecule has 1 fully saturated rings. The molecule has 1 amide bonds. The summed E-state index contributed by atoms with van der Waals surface area (Å²) in [7, 11) is 0. The first-order valence-electron chi connectivity index (χ1n) is 9.61. The van der Waals surface area contributed by atoms with E-state index < -0.39 is 0 Å². The van der Waals surface area contributed by atoms with Gasteiger partial charge in [0.1, 0.15) is 11.6 Å². The Balaban J connectivity index is 1.37. The molecular formula is C21H20ClFN4O3. The molecule has 1 aliphatic carbocycles. The number of amides is 1. The van der Waals surface area contributed by atoms with Gasteiger partial charge in [-0.1, -0.05) is 11.6 Å². The summed E-state index contributed by atoms with van der Waals surface area (Å²) in [6, 6.07) is 12.7. The fourth-order valence-corrected chi connectivity index (χ4v) is 3.18. The number of ether oxygens (including phenoxy) is 1. The van der Waals surface area contributed by atoms with Gasteiger partial charge in [0.2, 0.25) is 0 Å². The van der Waals surface area contributed by atoms with Crippen LogP contribution < -0.4 is 15.7 Å².